The van der Waals surface area contributed by atoms with Gasteiger partial charge in [-0.2, -0.15) is 0 Å². The number of allylic oxidation sites excluding steroid dienone is 3. The summed E-state index contributed by atoms with van der Waals surface area (Å²) in [5.74, 6) is 1.49. The lowest BCUT2D eigenvalue weighted by atomic mass is 9.83. The second-order valence-corrected chi connectivity index (χ2v) is 12.0. The molecule has 0 bridgehead atoms. The third kappa shape index (κ3) is 7.06. The quantitative estimate of drug-likeness (QED) is 0.430. The number of aliphatic carboxylic acids is 1. The first-order valence-electron chi connectivity index (χ1n) is 15.0. The van der Waals surface area contributed by atoms with Gasteiger partial charge in [0.15, 0.2) is 0 Å². The fourth-order valence-corrected chi connectivity index (χ4v) is 7.54. The van der Waals surface area contributed by atoms with E-state index in [0.717, 1.165) is 44.9 Å². The normalized spacial score (nSPS) is 27.1. The number of dihydropyridines is 1. The first-order chi connectivity index (χ1) is 18.2. The number of carboxylic acid groups (broad SMARTS) is 1. The van der Waals surface area contributed by atoms with E-state index in [1.54, 1.807) is 0 Å². The Morgan fingerprint density at radius 1 is 1.03 bits per heavy atom. The molecule has 5 nitrogen and oxygen atoms in total. The van der Waals surface area contributed by atoms with Crippen LogP contribution in [0.15, 0.2) is 54.3 Å². The molecule has 3 fully saturated rings. The molecule has 0 unspecified atom stereocenters. The molecule has 202 valence electrons. The van der Waals surface area contributed by atoms with Crippen molar-refractivity contribution in [3.05, 3.63) is 59.8 Å². The number of nitrogens with one attached hydrogen (secondary N) is 1. The molecule has 1 aromatic rings. The monoisotopic (exact) mass is 505 g/mol. The van der Waals surface area contributed by atoms with E-state index in [1.165, 1.54) is 75.7 Å². The van der Waals surface area contributed by atoms with Gasteiger partial charge in [-0.1, -0.05) is 61.7 Å². The number of piperidine rings is 1. The highest BCUT2D eigenvalue weighted by Gasteiger charge is 2.43. The van der Waals surface area contributed by atoms with Gasteiger partial charge in [-0.05, 0) is 87.4 Å². The van der Waals surface area contributed by atoms with Crippen molar-refractivity contribution in [1.82, 2.24) is 15.1 Å². The molecule has 0 radical (unpaired) electrons. The predicted molar refractivity (Wildman–Crippen MR) is 150 cm³/mol. The van der Waals surface area contributed by atoms with Gasteiger partial charge in [0, 0.05) is 37.8 Å². The molecule has 4 aliphatic rings. The van der Waals surface area contributed by atoms with Crippen LogP contribution in [-0.4, -0.2) is 66.2 Å². The highest BCUT2D eigenvalue weighted by molar-refractivity contribution is 5.74. The molecular weight excluding hydrogens is 458 g/mol. The Bertz CT molecular complexity index is 915. The van der Waals surface area contributed by atoms with E-state index in [1.807, 2.05) is 0 Å². The molecule has 0 spiro atoms. The van der Waals surface area contributed by atoms with Crippen molar-refractivity contribution in [2.45, 2.75) is 76.2 Å². The van der Waals surface area contributed by atoms with Crippen LogP contribution in [0.25, 0.3) is 0 Å². The lowest BCUT2D eigenvalue weighted by Gasteiger charge is -2.35. The zero-order chi connectivity index (χ0) is 25.5. The maximum absolute atomic E-state index is 12.5. The van der Waals surface area contributed by atoms with Gasteiger partial charge in [-0.3, -0.25) is 9.69 Å². The minimum Gasteiger partial charge on any atom is -0.480 e. The summed E-state index contributed by atoms with van der Waals surface area (Å²) < 4.78 is 0. The van der Waals surface area contributed by atoms with Crippen molar-refractivity contribution < 1.29 is 9.90 Å². The Morgan fingerprint density at radius 3 is 2.51 bits per heavy atom. The van der Waals surface area contributed by atoms with Crippen LogP contribution in [0.1, 0.15) is 75.7 Å². The second kappa shape index (κ2) is 13.1. The van der Waals surface area contributed by atoms with Crippen molar-refractivity contribution in [3.8, 4) is 0 Å². The predicted octanol–water partition coefficient (Wildman–Crippen LogP) is 5.66. The Balaban J connectivity index is 1.17. The highest BCUT2D eigenvalue weighted by Crippen LogP contribution is 2.38. The molecule has 5 heteroatoms. The summed E-state index contributed by atoms with van der Waals surface area (Å²) in [5.41, 5.74) is 2.78. The number of benzene rings is 1. The Morgan fingerprint density at radius 2 is 1.81 bits per heavy atom. The van der Waals surface area contributed by atoms with Crippen molar-refractivity contribution in [3.63, 3.8) is 0 Å². The van der Waals surface area contributed by atoms with Crippen LogP contribution < -0.4 is 5.32 Å². The molecule has 2 N–H and O–H groups in total. The van der Waals surface area contributed by atoms with E-state index in [2.05, 4.69) is 63.7 Å². The number of carboxylic acids is 1. The van der Waals surface area contributed by atoms with Gasteiger partial charge in [-0.15, -0.1) is 0 Å². The van der Waals surface area contributed by atoms with Gasteiger partial charge >= 0.3 is 5.97 Å². The minimum atomic E-state index is -0.601. The zero-order valence-electron chi connectivity index (χ0n) is 22.6. The molecule has 1 aliphatic carbocycles. The van der Waals surface area contributed by atoms with Gasteiger partial charge in [0.2, 0.25) is 0 Å². The topological polar surface area (TPSA) is 55.8 Å². The van der Waals surface area contributed by atoms with Gasteiger partial charge < -0.3 is 15.3 Å². The van der Waals surface area contributed by atoms with E-state index in [9.17, 15) is 9.90 Å². The standard InChI is InChI=1S/C32H47N3O2/c36-32(37)31(27-13-5-2-6-14-27)35-23-28(30(24-35)26-11-3-1-4-12-26)22-34-20-17-25(18-21-34)10-9-16-29-15-7-8-19-33-29/h1,3-4,7-8,11-12,15,25,27-28,30-31,33H,2,5-6,9-10,13-14,16-24H2,(H,36,37)/t28-,30+,31+/m0/s1. The molecule has 0 aromatic heterocycles. The maximum Gasteiger partial charge on any atom is 0.321 e. The lowest BCUT2D eigenvalue weighted by Crippen LogP contribution is -2.46. The van der Waals surface area contributed by atoms with Crippen LogP contribution >= 0.6 is 0 Å². The number of carbonyl (C=O) groups is 1. The molecule has 3 aliphatic heterocycles. The summed E-state index contributed by atoms with van der Waals surface area (Å²) in [6.45, 7) is 6.26. The zero-order valence-corrected chi connectivity index (χ0v) is 22.6. The molecule has 1 aromatic carbocycles. The fraction of sp³-hybridized carbons (Fsp3) is 0.656. The summed E-state index contributed by atoms with van der Waals surface area (Å²) in [4.78, 5) is 17.5. The van der Waals surface area contributed by atoms with Crippen molar-refractivity contribution >= 4 is 5.97 Å². The number of nitrogens with zero attached hydrogens (tertiary/aromatic N) is 2. The number of hydrogen-bond acceptors (Lipinski definition) is 4. The summed E-state index contributed by atoms with van der Waals surface area (Å²) >= 11 is 0. The largest absolute Gasteiger partial charge is 0.480 e. The first kappa shape index (κ1) is 26.5. The molecule has 5 rings (SSSR count). The van der Waals surface area contributed by atoms with Crippen molar-refractivity contribution in [2.24, 2.45) is 17.8 Å². The number of likely N-dealkylation sites (tertiary alicyclic amines) is 2. The Hall–Kier alpha value is -2.11. The molecular formula is C32H47N3O2. The SMILES string of the molecule is O=C(O)[C@@H](C1CCCCC1)N1C[C@H](CN2CCC(CCCC3=CC=CCN3)CC2)[C@@H](c2ccccc2)C1. The highest BCUT2D eigenvalue weighted by atomic mass is 16.4. The first-order valence-corrected chi connectivity index (χ1v) is 15.0. The van der Waals surface area contributed by atoms with E-state index in [0.29, 0.717) is 17.8 Å². The minimum absolute atomic E-state index is 0.313. The molecule has 37 heavy (non-hydrogen) atoms. The third-order valence-corrected chi connectivity index (χ3v) is 9.58. The van der Waals surface area contributed by atoms with E-state index in [4.69, 9.17) is 0 Å². The van der Waals surface area contributed by atoms with Crippen LogP contribution in [-0.2, 0) is 4.79 Å². The summed E-state index contributed by atoms with van der Waals surface area (Å²) in [5, 5.41) is 13.8. The fourth-order valence-electron chi connectivity index (χ4n) is 7.54. The Labute approximate surface area is 224 Å². The third-order valence-electron chi connectivity index (χ3n) is 9.58. The molecule has 3 atom stereocenters. The van der Waals surface area contributed by atoms with Gasteiger partial charge in [0.1, 0.15) is 6.04 Å². The number of rotatable bonds is 10. The Kier molecular flexibility index (Phi) is 9.38. The van der Waals surface area contributed by atoms with Crippen LogP contribution in [0.2, 0.25) is 0 Å². The van der Waals surface area contributed by atoms with Gasteiger partial charge in [0.05, 0.1) is 0 Å². The molecule has 2 saturated heterocycles. The second-order valence-electron chi connectivity index (χ2n) is 12.0. The average molecular weight is 506 g/mol. The maximum atomic E-state index is 12.5. The lowest BCUT2D eigenvalue weighted by molar-refractivity contribution is -0.145. The molecule has 1 saturated carbocycles. The van der Waals surface area contributed by atoms with Crippen LogP contribution in [0.4, 0.5) is 0 Å². The smallest absolute Gasteiger partial charge is 0.321 e. The van der Waals surface area contributed by atoms with Gasteiger partial charge in [-0.25, -0.2) is 0 Å². The van der Waals surface area contributed by atoms with Crippen LogP contribution in [0.5, 0.6) is 0 Å². The van der Waals surface area contributed by atoms with E-state index >= 15 is 0 Å². The summed E-state index contributed by atoms with van der Waals surface area (Å²) in [6.07, 6.45) is 18.8. The summed E-state index contributed by atoms with van der Waals surface area (Å²) in [7, 11) is 0. The van der Waals surface area contributed by atoms with E-state index < -0.39 is 5.97 Å². The van der Waals surface area contributed by atoms with Crippen molar-refractivity contribution in [2.75, 3.05) is 39.3 Å². The number of hydrogen-bond donors (Lipinski definition) is 2. The average Bonchev–Trinajstić information content (AvgIpc) is 3.34. The summed E-state index contributed by atoms with van der Waals surface area (Å²) in [6, 6.07) is 10.6. The van der Waals surface area contributed by atoms with E-state index in [-0.39, 0.29) is 6.04 Å². The molecule has 3 heterocycles. The molecule has 0 amide bonds. The van der Waals surface area contributed by atoms with Crippen LogP contribution in [0, 0.1) is 17.8 Å². The van der Waals surface area contributed by atoms with Crippen molar-refractivity contribution in [1.29, 1.82) is 0 Å². The van der Waals surface area contributed by atoms with Crippen LogP contribution in [0.3, 0.4) is 0 Å². The van der Waals surface area contributed by atoms with Gasteiger partial charge in [0.25, 0.3) is 0 Å².